The summed E-state index contributed by atoms with van der Waals surface area (Å²) in [5.74, 6) is 0.713. The number of ether oxygens (including phenoxy) is 1. The number of rotatable bonds is 4. The Labute approximate surface area is 142 Å². The Morgan fingerprint density at radius 2 is 1.96 bits per heavy atom. The van der Waals surface area contributed by atoms with Gasteiger partial charge in [-0.25, -0.2) is 4.98 Å². The summed E-state index contributed by atoms with van der Waals surface area (Å²) < 4.78 is 7.10. The average Bonchev–Trinajstić information content (AvgIpc) is 2.94. The van der Waals surface area contributed by atoms with Gasteiger partial charge in [0.15, 0.2) is 0 Å². The maximum atomic E-state index is 12.1. The van der Waals surface area contributed by atoms with Gasteiger partial charge in [-0.3, -0.25) is 4.79 Å². The second-order valence-corrected chi connectivity index (χ2v) is 6.71. The summed E-state index contributed by atoms with van der Waals surface area (Å²) in [7, 11) is 0. The molecule has 3 rings (SSSR count). The second-order valence-electron chi connectivity index (χ2n) is 5.29. The van der Waals surface area contributed by atoms with Crippen molar-refractivity contribution < 1.29 is 4.74 Å². The third-order valence-corrected chi connectivity index (χ3v) is 5.09. The van der Waals surface area contributed by atoms with Crippen LogP contribution in [0.5, 0.6) is 5.75 Å². The Bertz CT molecular complexity index is 910. The van der Waals surface area contributed by atoms with Crippen LogP contribution >= 0.6 is 22.9 Å². The molecule has 2 heterocycles. The van der Waals surface area contributed by atoms with Crippen molar-refractivity contribution in [2.45, 2.75) is 33.8 Å². The SMILES string of the molecule is CCc1nn2c(=O)cc(COc3cc(C)c(Cl)c(C)c3)nc2s1. The van der Waals surface area contributed by atoms with E-state index in [2.05, 4.69) is 10.1 Å². The molecule has 0 radical (unpaired) electrons. The number of halogens is 1. The van der Waals surface area contributed by atoms with Crippen molar-refractivity contribution in [2.75, 3.05) is 0 Å². The lowest BCUT2D eigenvalue weighted by molar-refractivity contribution is 0.301. The molecule has 1 aromatic carbocycles. The lowest BCUT2D eigenvalue weighted by atomic mass is 10.1. The molecule has 2 aromatic heterocycles. The van der Waals surface area contributed by atoms with Gasteiger partial charge in [0.05, 0.1) is 5.69 Å². The van der Waals surface area contributed by atoms with E-state index in [9.17, 15) is 4.79 Å². The lowest BCUT2D eigenvalue weighted by Crippen LogP contribution is -2.16. The standard InChI is InChI=1S/C16H16ClN3O2S/c1-4-13-19-20-14(21)7-11(18-16(20)23-13)8-22-12-5-9(2)15(17)10(3)6-12/h5-7H,4,8H2,1-3H3. The Kier molecular flexibility index (Phi) is 4.37. The van der Waals surface area contributed by atoms with E-state index < -0.39 is 0 Å². The van der Waals surface area contributed by atoms with Crippen LogP contribution in [0, 0.1) is 13.8 Å². The molecule has 23 heavy (non-hydrogen) atoms. The maximum Gasteiger partial charge on any atom is 0.275 e. The zero-order valence-corrected chi connectivity index (χ0v) is 14.7. The molecule has 0 saturated carbocycles. The maximum absolute atomic E-state index is 12.1. The van der Waals surface area contributed by atoms with Gasteiger partial charge >= 0.3 is 0 Å². The Morgan fingerprint density at radius 1 is 1.26 bits per heavy atom. The van der Waals surface area contributed by atoms with E-state index in [0.29, 0.717) is 16.4 Å². The van der Waals surface area contributed by atoms with E-state index in [4.69, 9.17) is 16.3 Å². The number of aromatic nitrogens is 3. The molecule has 0 N–H and O–H groups in total. The zero-order valence-electron chi connectivity index (χ0n) is 13.1. The molecule has 5 nitrogen and oxygen atoms in total. The van der Waals surface area contributed by atoms with Crippen LogP contribution < -0.4 is 10.3 Å². The molecule has 0 aliphatic carbocycles. The topological polar surface area (TPSA) is 56.5 Å². The van der Waals surface area contributed by atoms with Crippen LogP contribution in [0.25, 0.3) is 4.96 Å². The highest BCUT2D eigenvalue weighted by atomic mass is 35.5. The molecule has 0 fully saturated rings. The molecule has 0 saturated heterocycles. The first-order chi connectivity index (χ1) is 11.0. The Morgan fingerprint density at radius 3 is 2.61 bits per heavy atom. The molecule has 0 aliphatic rings. The van der Waals surface area contributed by atoms with Gasteiger partial charge in [0.1, 0.15) is 17.4 Å². The smallest absolute Gasteiger partial charge is 0.275 e. The first-order valence-corrected chi connectivity index (χ1v) is 8.45. The normalized spacial score (nSPS) is 11.1. The summed E-state index contributed by atoms with van der Waals surface area (Å²) in [6, 6.07) is 5.22. The molecule has 0 unspecified atom stereocenters. The molecule has 0 bridgehead atoms. The molecule has 0 aliphatic heterocycles. The molecule has 0 amide bonds. The van der Waals surface area contributed by atoms with Gasteiger partial charge in [-0.05, 0) is 43.5 Å². The summed E-state index contributed by atoms with van der Waals surface area (Å²) in [6.07, 6.45) is 0.780. The van der Waals surface area contributed by atoms with Crippen LogP contribution in [0.1, 0.15) is 28.8 Å². The van der Waals surface area contributed by atoms with Crippen molar-refractivity contribution in [1.29, 1.82) is 0 Å². The number of hydrogen-bond acceptors (Lipinski definition) is 5. The van der Waals surface area contributed by atoms with Gasteiger partial charge in [0.2, 0.25) is 4.96 Å². The average molecular weight is 350 g/mol. The number of nitrogens with zero attached hydrogens (tertiary/aromatic N) is 3. The van der Waals surface area contributed by atoms with Gasteiger partial charge in [0.25, 0.3) is 5.56 Å². The van der Waals surface area contributed by atoms with Crippen LogP contribution in [0.2, 0.25) is 5.02 Å². The highest BCUT2D eigenvalue weighted by Crippen LogP contribution is 2.26. The summed E-state index contributed by atoms with van der Waals surface area (Å²) in [5.41, 5.74) is 2.32. The highest BCUT2D eigenvalue weighted by Gasteiger charge is 2.09. The van der Waals surface area contributed by atoms with E-state index in [1.54, 1.807) is 0 Å². The summed E-state index contributed by atoms with van der Waals surface area (Å²) in [5, 5.41) is 5.86. The van der Waals surface area contributed by atoms with E-state index in [1.165, 1.54) is 21.9 Å². The van der Waals surface area contributed by atoms with Crippen LogP contribution in [-0.4, -0.2) is 14.6 Å². The van der Waals surface area contributed by atoms with Crippen molar-refractivity contribution >= 4 is 27.9 Å². The Balaban J connectivity index is 1.86. The molecular weight excluding hydrogens is 334 g/mol. The van der Waals surface area contributed by atoms with Gasteiger partial charge in [-0.1, -0.05) is 29.9 Å². The minimum absolute atomic E-state index is 0.187. The molecule has 3 aromatic rings. The second kappa shape index (κ2) is 6.29. The molecule has 0 atom stereocenters. The van der Waals surface area contributed by atoms with Gasteiger partial charge in [-0.2, -0.15) is 9.61 Å². The fraction of sp³-hybridized carbons (Fsp3) is 0.312. The van der Waals surface area contributed by atoms with Crippen molar-refractivity contribution in [3.05, 3.63) is 55.4 Å². The molecule has 7 heteroatoms. The number of aryl methyl sites for hydroxylation is 3. The third kappa shape index (κ3) is 3.23. The van der Waals surface area contributed by atoms with E-state index in [1.807, 2.05) is 32.9 Å². The molecule has 0 spiro atoms. The van der Waals surface area contributed by atoms with Gasteiger partial charge in [0, 0.05) is 11.1 Å². The van der Waals surface area contributed by atoms with Gasteiger partial charge in [-0.15, -0.1) is 0 Å². The van der Waals surface area contributed by atoms with Crippen molar-refractivity contribution in [1.82, 2.24) is 14.6 Å². The Hall–Kier alpha value is -1.92. The predicted octanol–water partition coefficient (Wildman–Crippen LogP) is 3.56. The number of benzene rings is 1. The summed E-state index contributed by atoms with van der Waals surface area (Å²) in [4.78, 5) is 17.1. The van der Waals surface area contributed by atoms with Crippen LogP contribution in [-0.2, 0) is 13.0 Å². The summed E-state index contributed by atoms with van der Waals surface area (Å²) >= 11 is 7.57. The zero-order chi connectivity index (χ0) is 16.6. The minimum Gasteiger partial charge on any atom is -0.487 e. The largest absolute Gasteiger partial charge is 0.487 e. The van der Waals surface area contributed by atoms with Crippen LogP contribution in [0.3, 0.4) is 0 Å². The predicted molar refractivity (Wildman–Crippen MR) is 91.8 cm³/mol. The van der Waals surface area contributed by atoms with E-state index in [-0.39, 0.29) is 12.2 Å². The highest BCUT2D eigenvalue weighted by molar-refractivity contribution is 7.16. The molecule has 120 valence electrons. The minimum atomic E-state index is -0.187. The fourth-order valence-corrected chi connectivity index (χ4v) is 3.23. The van der Waals surface area contributed by atoms with Crippen molar-refractivity contribution in [3.8, 4) is 5.75 Å². The van der Waals surface area contributed by atoms with Crippen molar-refractivity contribution in [2.24, 2.45) is 0 Å². The van der Waals surface area contributed by atoms with Gasteiger partial charge < -0.3 is 4.74 Å². The fourth-order valence-electron chi connectivity index (χ4n) is 2.26. The quantitative estimate of drug-likeness (QED) is 0.722. The third-order valence-electron chi connectivity index (χ3n) is 3.44. The van der Waals surface area contributed by atoms with Crippen molar-refractivity contribution in [3.63, 3.8) is 0 Å². The summed E-state index contributed by atoms with van der Waals surface area (Å²) in [6.45, 7) is 6.09. The van der Waals surface area contributed by atoms with E-state index in [0.717, 1.165) is 27.6 Å². The first-order valence-electron chi connectivity index (χ1n) is 7.26. The number of fused-ring (bicyclic) bond motifs is 1. The van der Waals surface area contributed by atoms with Crippen LogP contribution in [0.15, 0.2) is 23.0 Å². The monoisotopic (exact) mass is 349 g/mol. The molecular formula is C16H16ClN3O2S. The first kappa shape index (κ1) is 16.0. The number of hydrogen-bond donors (Lipinski definition) is 0. The lowest BCUT2D eigenvalue weighted by Gasteiger charge is -2.09. The van der Waals surface area contributed by atoms with Crippen LogP contribution in [0.4, 0.5) is 0 Å². The van der Waals surface area contributed by atoms with E-state index >= 15 is 0 Å².